The number of hydrogen-bond donors (Lipinski definition) is 0. The average Bonchev–Trinajstić information content (AvgIpc) is 2.32. The highest BCUT2D eigenvalue weighted by atomic mass is 79.9. The standard InChI is InChI=1S/C6H4Br2O3S/c1-11-6(10)4-3(9)2(7)5(8)12-4/h9H,1H3/p-1. The first-order valence-electron chi connectivity index (χ1n) is 2.81. The summed E-state index contributed by atoms with van der Waals surface area (Å²) < 4.78 is 5.39. The van der Waals surface area contributed by atoms with Crippen molar-refractivity contribution in [2.75, 3.05) is 7.11 Å². The topological polar surface area (TPSA) is 49.4 Å². The second-order valence-electron chi connectivity index (χ2n) is 1.84. The van der Waals surface area contributed by atoms with Crippen LogP contribution in [0.3, 0.4) is 0 Å². The maximum absolute atomic E-state index is 11.2. The molecule has 66 valence electrons. The highest BCUT2D eigenvalue weighted by Gasteiger charge is 2.14. The van der Waals surface area contributed by atoms with Gasteiger partial charge in [-0.3, -0.25) is 0 Å². The van der Waals surface area contributed by atoms with E-state index in [1.54, 1.807) is 0 Å². The van der Waals surface area contributed by atoms with Crippen LogP contribution in [0.4, 0.5) is 0 Å². The zero-order chi connectivity index (χ0) is 9.30. The third-order valence-electron chi connectivity index (χ3n) is 1.14. The Bertz CT molecular complexity index is 321. The molecule has 0 aliphatic heterocycles. The highest BCUT2D eigenvalue weighted by Crippen LogP contribution is 2.40. The van der Waals surface area contributed by atoms with Gasteiger partial charge < -0.3 is 9.84 Å². The van der Waals surface area contributed by atoms with Crippen molar-refractivity contribution in [2.45, 2.75) is 0 Å². The average molecular weight is 315 g/mol. The normalized spacial score (nSPS) is 9.92. The van der Waals surface area contributed by atoms with Crippen LogP contribution in [0.5, 0.6) is 5.75 Å². The molecule has 0 radical (unpaired) electrons. The van der Waals surface area contributed by atoms with Crippen molar-refractivity contribution in [3.8, 4) is 5.75 Å². The fraction of sp³-hybridized carbons (Fsp3) is 0.167. The van der Waals surface area contributed by atoms with E-state index in [0.29, 0.717) is 8.26 Å². The quantitative estimate of drug-likeness (QED) is 0.746. The number of halogens is 2. The smallest absolute Gasteiger partial charge is 0.347 e. The molecule has 0 N–H and O–H groups in total. The molecule has 0 unspecified atom stereocenters. The fourth-order valence-corrected chi connectivity index (χ4v) is 2.56. The molecule has 0 bridgehead atoms. The van der Waals surface area contributed by atoms with E-state index in [0.717, 1.165) is 11.3 Å². The molecule has 0 aliphatic carbocycles. The van der Waals surface area contributed by atoms with Crippen LogP contribution in [-0.2, 0) is 4.74 Å². The van der Waals surface area contributed by atoms with Crippen LogP contribution < -0.4 is 5.11 Å². The molecule has 0 fully saturated rings. The van der Waals surface area contributed by atoms with Crippen molar-refractivity contribution in [1.29, 1.82) is 0 Å². The van der Waals surface area contributed by atoms with Crippen LogP contribution in [0.15, 0.2) is 8.26 Å². The van der Waals surface area contributed by atoms with E-state index in [-0.39, 0.29) is 10.6 Å². The van der Waals surface area contributed by atoms with E-state index in [4.69, 9.17) is 0 Å². The number of methoxy groups -OCH3 is 1. The number of thiophene rings is 1. The summed E-state index contributed by atoms with van der Waals surface area (Å²) in [5, 5.41) is 11.2. The Hall–Kier alpha value is -0.0700. The lowest BCUT2D eigenvalue weighted by molar-refractivity contribution is -0.269. The summed E-state index contributed by atoms with van der Waals surface area (Å²) in [4.78, 5) is 11.0. The van der Waals surface area contributed by atoms with Gasteiger partial charge in [-0.1, -0.05) is 5.75 Å². The van der Waals surface area contributed by atoms with E-state index in [9.17, 15) is 9.90 Å². The molecule has 3 nitrogen and oxygen atoms in total. The van der Waals surface area contributed by atoms with Gasteiger partial charge in [0.05, 0.1) is 10.9 Å². The van der Waals surface area contributed by atoms with E-state index in [1.807, 2.05) is 0 Å². The van der Waals surface area contributed by atoms with Crippen LogP contribution in [-0.4, -0.2) is 13.1 Å². The largest absolute Gasteiger partial charge is 0.871 e. The maximum atomic E-state index is 11.2. The molecule has 0 amide bonds. The van der Waals surface area contributed by atoms with Crippen molar-refractivity contribution >= 4 is 49.2 Å². The first-order valence-corrected chi connectivity index (χ1v) is 5.21. The molecule has 0 saturated heterocycles. The predicted molar refractivity (Wildman–Crippen MR) is 50.5 cm³/mol. The van der Waals surface area contributed by atoms with Gasteiger partial charge in [0.1, 0.15) is 4.88 Å². The summed E-state index contributed by atoms with van der Waals surface area (Å²) in [5.74, 6) is -0.935. The monoisotopic (exact) mass is 313 g/mol. The van der Waals surface area contributed by atoms with Crippen molar-refractivity contribution in [3.63, 3.8) is 0 Å². The van der Waals surface area contributed by atoms with Gasteiger partial charge >= 0.3 is 5.97 Å². The molecule has 0 aromatic carbocycles. The molecule has 6 heteroatoms. The molecule has 1 heterocycles. The molecule has 0 atom stereocenters. The van der Waals surface area contributed by atoms with Crippen molar-refractivity contribution in [3.05, 3.63) is 13.1 Å². The minimum absolute atomic E-state index is 0.0799. The lowest BCUT2D eigenvalue weighted by Gasteiger charge is -2.04. The van der Waals surface area contributed by atoms with Gasteiger partial charge in [0.2, 0.25) is 0 Å². The van der Waals surface area contributed by atoms with Gasteiger partial charge in [-0.2, -0.15) is 0 Å². The lowest BCUT2D eigenvalue weighted by Crippen LogP contribution is -2.02. The zero-order valence-electron chi connectivity index (χ0n) is 5.89. The minimum Gasteiger partial charge on any atom is -0.871 e. The third kappa shape index (κ3) is 1.65. The first kappa shape index (κ1) is 10.0. The van der Waals surface area contributed by atoms with Crippen molar-refractivity contribution in [1.82, 2.24) is 0 Å². The molecule has 12 heavy (non-hydrogen) atoms. The highest BCUT2D eigenvalue weighted by molar-refractivity contribution is 9.13. The zero-order valence-corrected chi connectivity index (χ0v) is 9.88. The molecule has 1 aromatic heterocycles. The van der Waals surface area contributed by atoms with E-state index < -0.39 is 5.97 Å². The van der Waals surface area contributed by atoms with Crippen LogP contribution in [0.25, 0.3) is 0 Å². The number of esters is 1. The van der Waals surface area contributed by atoms with Crippen LogP contribution in [0.1, 0.15) is 9.67 Å². The SMILES string of the molecule is COC(=O)c1sc(Br)c(Br)c1[O-]. The predicted octanol–water partition coefficient (Wildman–Crippen LogP) is 2.13. The molecule has 0 spiro atoms. The van der Waals surface area contributed by atoms with Gasteiger partial charge in [0.15, 0.2) is 0 Å². The molecular weight excluding hydrogens is 312 g/mol. The van der Waals surface area contributed by atoms with Gasteiger partial charge in [0, 0.05) is 4.47 Å². The van der Waals surface area contributed by atoms with Gasteiger partial charge in [-0.05, 0) is 31.9 Å². The molecule has 0 saturated carbocycles. The fourth-order valence-electron chi connectivity index (χ4n) is 0.597. The molecule has 0 aliphatic rings. The summed E-state index contributed by atoms with van der Waals surface area (Å²) in [6.45, 7) is 0. The second-order valence-corrected chi connectivity index (χ2v) is 4.97. The Morgan fingerprint density at radius 1 is 1.58 bits per heavy atom. The summed E-state index contributed by atoms with van der Waals surface area (Å²) in [6, 6.07) is 0. The maximum Gasteiger partial charge on any atom is 0.347 e. The number of carbonyl (C=O) groups is 1. The third-order valence-corrected chi connectivity index (χ3v) is 4.51. The summed E-state index contributed by atoms with van der Waals surface area (Å²) >= 11 is 7.23. The van der Waals surface area contributed by atoms with E-state index >= 15 is 0 Å². The Morgan fingerprint density at radius 3 is 2.50 bits per heavy atom. The van der Waals surface area contributed by atoms with Gasteiger partial charge in [0.25, 0.3) is 0 Å². The summed E-state index contributed by atoms with van der Waals surface area (Å²) in [5.41, 5.74) is 0. The molecular formula is C6H3Br2O3S-. The van der Waals surface area contributed by atoms with Crippen molar-refractivity contribution < 1.29 is 14.6 Å². The molecule has 1 aromatic rings. The van der Waals surface area contributed by atoms with Crippen LogP contribution in [0, 0.1) is 0 Å². The van der Waals surface area contributed by atoms with Gasteiger partial charge in [-0.15, -0.1) is 11.3 Å². The van der Waals surface area contributed by atoms with E-state index in [1.165, 1.54) is 7.11 Å². The summed E-state index contributed by atoms with van der Waals surface area (Å²) in [6.07, 6.45) is 0. The Morgan fingerprint density at radius 2 is 2.17 bits per heavy atom. The second kappa shape index (κ2) is 3.76. The minimum atomic E-state index is -0.601. The number of carbonyl (C=O) groups excluding carboxylic acids is 1. The lowest BCUT2D eigenvalue weighted by atomic mass is 10.4. The number of rotatable bonds is 1. The Balaban J connectivity index is 3.17. The Labute approximate surface area is 89.6 Å². The Kier molecular flexibility index (Phi) is 3.14. The van der Waals surface area contributed by atoms with Crippen LogP contribution in [0.2, 0.25) is 0 Å². The van der Waals surface area contributed by atoms with E-state index in [2.05, 4.69) is 36.6 Å². The van der Waals surface area contributed by atoms with Gasteiger partial charge in [-0.25, -0.2) is 4.79 Å². The first-order chi connectivity index (χ1) is 5.57. The number of hydrogen-bond acceptors (Lipinski definition) is 4. The number of ether oxygens (including phenoxy) is 1. The van der Waals surface area contributed by atoms with Crippen LogP contribution >= 0.6 is 43.2 Å². The summed E-state index contributed by atoms with van der Waals surface area (Å²) in [7, 11) is 1.24. The molecule has 1 rings (SSSR count). The van der Waals surface area contributed by atoms with Crippen molar-refractivity contribution in [2.24, 2.45) is 0 Å².